The van der Waals surface area contributed by atoms with Crippen LogP contribution in [0, 0.1) is 6.92 Å². The number of aryl methyl sites for hydroxylation is 1. The monoisotopic (exact) mass is 381 g/mol. The summed E-state index contributed by atoms with van der Waals surface area (Å²) in [4.78, 5) is 12.7. The largest absolute Gasteiger partial charge is 0.487 e. The molecular formula is C24H31NO3. The van der Waals surface area contributed by atoms with E-state index in [4.69, 9.17) is 9.47 Å². The fourth-order valence-corrected chi connectivity index (χ4v) is 3.68. The molecule has 0 spiro atoms. The number of hydrogen-bond acceptors (Lipinski definition) is 3. The van der Waals surface area contributed by atoms with Gasteiger partial charge >= 0.3 is 0 Å². The molecular weight excluding hydrogens is 350 g/mol. The van der Waals surface area contributed by atoms with Crippen LogP contribution in [0.5, 0.6) is 11.5 Å². The maximum absolute atomic E-state index is 12.7. The number of rotatable bonds is 4. The van der Waals surface area contributed by atoms with Crippen molar-refractivity contribution in [1.29, 1.82) is 0 Å². The normalized spacial score (nSPS) is 18.0. The molecule has 4 heteroatoms. The van der Waals surface area contributed by atoms with Crippen molar-refractivity contribution in [3.63, 3.8) is 0 Å². The molecule has 0 unspecified atom stereocenters. The third kappa shape index (κ3) is 4.67. The molecule has 1 aliphatic heterocycles. The second-order valence-electron chi connectivity index (χ2n) is 9.26. The first-order valence-corrected chi connectivity index (χ1v) is 9.86. The fraction of sp³-hybridized carbons (Fsp3) is 0.458. The van der Waals surface area contributed by atoms with Gasteiger partial charge in [-0.05, 0) is 49.4 Å². The maximum atomic E-state index is 12.7. The first-order chi connectivity index (χ1) is 13.0. The molecule has 0 radical (unpaired) electrons. The van der Waals surface area contributed by atoms with E-state index in [-0.39, 0.29) is 29.6 Å². The summed E-state index contributed by atoms with van der Waals surface area (Å²) >= 11 is 0. The van der Waals surface area contributed by atoms with Crippen LogP contribution in [0.15, 0.2) is 42.5 Å². The van der Waals surface area contributed by atoms with Crippen LogP contribution in [-0.4, -0.2) is 18.1 Å². The van der Waals surface area contributed by atoms with Crippen LogP contribution in [0.25, 0.3) is 0 Å². The van der Waals surface area contributed by atoms with Crippen molar-refractivity contribution in [2.24, 2.45) is 0 Å². The Labute approximate surface area is 168 Å². The van der Waals surface area contributed by atoms with Crippen LogP contribution in [0.3, 0.4) is 0 Å². The smallest absolute Gasteiger partial charge is 0.258 e. The van der Waals surface area contributed by atoms with E-state index in [0.29, 0.717) is 6.42 Å². The van der Waals surface area contributed by atoms with E-state index in [1.807, 2.05) is 57.2 Å². The number of fused-ring (bicyclic) bond motifs is 1. The van der Waals surface area contributed by atoms with Crippen LogP contribution in [0.2, 0.25) is 0 Å². The van der Waals surface area contributed by atoms with Crippen molar-refractivity contribution in [3.8, 4) is 11.5 Å². The van der Waals surface area contributed by atoms with Crippen LogP contribution >= 0.6 is 0 Å². The molecule has 1 aliphatic rings. The van der Waals surface area contributed by atoms with E-state index in [2.05, 4.69) is 32.2 Å². The number of nitrogens with one attached hydrogen (secondary N) is 1. The molecule has 4 nitrogen and oxygen atoms in total. The zero-order valence-electron chi connectivity index (χ0n) is 17.8. The predicted octanol–water partition coefficient (Wildman–Crippen LogP) is 5.09. The van der Waals surface area contributed by atoms with Gasteiger partial charge in [-0.25, -0.2) is 0 Å². The summed E-state index contributed by atoms with van der Waals surface area (Å²) in [6.07, 6.45) is 0.716. The Morgan fingerprint density at radius 1 is 1.21 bits per heavy atom. The predicted molar refractivity (Wildman–Crippen MR) is 112 cm³/mol. The van der Waals surface area contributed by atoms with Gasteiger partial charge in [-0.2, -0.15) is 0 Å². The maximum Gasteiger partial charge on any atom is 0.258 e. The first kappa shape index (κ1) is 20.2. The number of amides is 1. The number of hydrogen-bond donors (Lipinski definition) is 1. The second kappa shape index (κ2) is 7.50. The summed E-state index contributed by atoms with van der Waals surface area (Å²) in [5, 5.41) is 3.13. The molecule has 0 bridgehead atoms. The third-order valence-electron chi connectivity index (χ3n) is 5.02. The Morgan fingerprint density at radius 3 is 2.64 bits per heavy atom. The molecule has 3 rings (SSSR count). The van der Waals surface area contributed by atoms with Crippen molar-refractivity contribution in [2.45, 2.75) is 65.0 Å². The molecule has 2 aromatic rings. The minimum atomic E-state index is -0.335. The number of para-hydroxylation sites is 1. The Balaban J connectivity index is 1.71. The second-order valence-corrected chi connectivity index (χ2v) is 9.26. The SMILES string of the molecule is Cc1ccc2c(c1)OC(C)(C)C[C@@H]2NC(=O)COc1ccccc1C(C)(C)C. The van der Waals surface area contributed by atoms with Crippen molar-refractivity contribution < 1.29 is 14.3 Å². The van der Waals surface area contributed by atoms with Crippen LogP contribution < -0.4 is 14.8 Å². The van der Waals surface area contributed by atoms with E-state index in [1.165, 1.54) is 0 Å². The third-order valence-corrected chi connectivity index (χ3v) is 5.02. The molecule has 150 valence electrons. The molecule has 28 heavy (non-hydrogen) atoms. The number of carbonyl (C=O) groups is 1. The topological polar surface area (TPSA) is 47.6 Å². The van der Waals surface area contributed by atoms with Crippen LogP contribution in [-0.2, 0) is 10.2 Å². The summed E-state index contributed by atoms with van der Waals surface area (Å²) in [7, 11) is 0. The molecule has 0 aromatic heterocycles. The molecule has 1 heterocycles. The van der Waals surface area contributed by atoms with Gasteiger partial charge in [0.15, 0.2) is 6.61 Å². The van der Waals surface area contributed by atoms with E-state index in [9.17, 15) is 4.79 Å². The average Bonchev–Trinajstić information content (AvgIpc) is 2.58. The van der Waals surface area contributed by atoms with Gasteiger partial charge in [0.1, 0.15) is 17.1 Å². The highest BCUT2D eigenvalue weighted by molar-refractivity contribution is 5.78. The van der Waals surface area contributed by atoms with Gasteiger partial charge < -0.3 is 14.8 Å². The zero-order chi connectivity index (χ0) is 20.5. The lowest BCUT2D eigenvalue weighted by molar-refractivity contribution is -0.124. The van der Waals surface area contributed by atoms with Gasteiger partial charge in [0.2, 0.25) is 0 Å². The van der Waals surface area contributed by atoms with Crippen molar-refractivity contribution in [2.75, 3.05) is 6.61 Å². The summed E-state index contributed by atoms with van der Waals surface area (Å²) < 4.78 is 12.0. The standard InChI is InChI=1S/C24H31NO3/c1-16-11-12-17-19(14-24(5,6)28-21(17)13-16)25-22(26)15-27-20-10-8-7-9-18(20)23(2,3)4/h7-13,19H,14-15H2,1-6H3,(H,25,26)/t19-/m0/s1. The summed E-state index contributed by atoms with van der Waals surface area (Å²) in [5.74, 6) is 1.48. The first-order valence-electron chi connectivity index (χ1n) is 9.86. The summed E-state index contributed by atoms with van der Waals surface area (Å²) in [5.41, 5.74) is 2.88. The van der Waals surface area contributed by atoms with Crippen molar-refractivity contribution in [1.82, 2.24) is 5.32 Å². The molecule has 2 aromatic carbocycles. The van der Waals surface area contributed by atoms with E-state index < -0.39 is 0 Å². The molecule has 0 saturated heterocycles. The lowest BCUT2D eigenvalue weighted by atomic mass is 9.86. The van der Waals surface area contributed by atoms with Gasteiger partial charge in [-0.3, -0.25) is 4.79 Å². The van der Waals surface area contributed by atoms with E-state index in [0.717, 1.165) is 28.2 Å². The van der Waals surface area contributed by atoms with E-state index >= 15 is 0 Å². The molecule has 1 N–H and O–H groups in total. The number of carbonyl (C=O) groups excluding carboxylic acids is 1. The summed E-state index contributed by atoms with van der Waals surface area (Å²) in [6.45, 7) is 12.5. The lowest BCUT2D eigenvalue weighted by Gasteiger charge is -2.38. The Morgan fingerprint density at radius 2 is 1.93 bits per heavy atom. The van der Waals surface area contributed by atoms with Crippen molar-refractivity contribution >= 4 is 5.91 Å². The highest BCUT2D eigenvalue weighted by Gasteiger charge is 2.34. The molecule has 0 saturated carbocycles. The number of ether oxygens (including phenoxy) is 2. The molecule has 0 aliphatic carbocycles. The molecule has 1 atom stereocenters. The van der Waals surface area contributed by atoms with Gasteiger partial charge in [-0.15, -0.1) is 0 Å². The van der Waals surface area contributed by atoms with E-state index in [1.54, 1.807) is 0 Å². The van der Waals surface area contributed by atoms with Gasteiger partial charge in [0.25, 0.3) is 5.91 Å². The Bertz CT molecular complexity index is 864. The quantitative estimate of drug-likeness (QED) is 0.802. The summed E-state index contributed by atoms with van der Waals surface area (Å²) in [6, 6.07) is 13.9. The van der Waals surface area contributed by atoms with Gasteiger partial charge in [-0.1, -0.05) is 51.1 Å². The zero-order valence-corrected chi connectivity index (χ0v) is 17.8. The van der Waals surface area contributed by atoms with Crippen LogP contribution in [0.1, 0.15) is 63.8 Å². The number of benzene rings is 2. The van der Waals surface area contributed by atoms with Gasteiger partial charge in [0.05, 0.1) is 6.04 Å². The highest BCUT2D eigenvalue weighted by atomic mass is 16.5. The van der Waals surface area contributed by atoms with Crippen molar-refractivity contribution in [3.05, 3.63) is 59.2 Å². The highest BCUT2D eigenvalue weighted by Crippen LogP contribution is 2.40. The Kier molecular flexibility index (Phi) is 5.42. The molecule has 0 fully saturated rings. The minimum Gasteiger partial charge on any atom is -0.487 e. The van der Waals surface area contributed by atoms with Gasteiger partial charge in [0, 0.05) is 12.0 Å². The average molecular weight is 382 g/mol. The fourth-order valence-electron chi connectivity index (χ4n) is 3.68. The minimum absolute atomic E-state index is 0.00786. The van der Waals surface area contributed by atoms with Crippen LogP contribution in [0.4, 0.5) is 0 Å². The Hall–Kier alpha value is -2.49. The molecule has 1 amide bonds. The lowest BCUT2D eigenvalue weighted by Crippen LogP contribution is -2.42.